The maximum absolute atomic E-state index is 12.0. The van der Waals surface area contributed by atoms with E-state index in [-0.39, 0.29) is 11.9 Å². The molecule has 0 aliphatic rings. The van der Waals surface area contributed by atoms with Crippen LogP contribution in [-0.2, 0) is 14.1 Å². The lowest BCUT2D eigenvalue weighted by Gasteiger charge is -2.15. The molecule has 1 N–H and O–H groups in total. The molecule has 0 aliphatic heterocycles. The van der Waals surface area contributed by atoms with E-state index in [0.717, 1.165) is 20.7 Å². The molecule has 0 radical (unpaired) electrons. The molecule has 0 aliphatic carbocycles. The molecule has 0 fully saturated rings. The molecular weight excluding hydrogens is 266 g/mol. The van der Waals surface area contributed by atoms with Crippen molar-refractivity contribution in [2.45, 2.75) is 19.4 Å². The Bertz CT molecular complexity index is 673. The van der Waals surface area contributed by atoms with Gasteiger partial charge in [0.25, 0.3) is 5.56 Å². The summed E-state index contributed by atoms with van der Waals surface area (Å²) in [5.74, 6) is 0.159. The van der Waals surface area contributed by atoms with Crippen LogP contribution in [0.15, 0.2) is 21.2 Å². The highest BCUT2D eigenvalue weighted by atomic mass is 32.1. The molecule has 19 heavy (non-hydrogen) atoms. The summed E-state index contributed by atoms with van der Waals surface area (Å²) in [5, 5.41) is 9.79. The highest BCUT2D eigenvalue weighted by Crippen LogP contribution is 2.21. The number of nitrogens with one attached hydrogen (secondary N) is 1. The van der Waals surface area contributed by atoms with Gasteiger partial charge in [-0.2, -0.15) is 0 Å². The van der Waals surface area contributed by atoms with Gasteiger partial charge in [-0.05, 0) is 6.42 Å². The summed E-state index contributed by atoms with van der Waals surface area (Å²) in [6, 6.07) is -0.0855. The second-order valence-corrected chi connectivity index (χ2v) is 5.02. The van der Waals surface area contributed by atoms with Crippen LogP contribution in [0.25, 0.3) is 0 Å². The zero-order chi connectivity index (χ0) is 14.0. The Morgan fingerprint density at radius 3 is 2.74 bits per heavy atom. The zero-order valence-corrected chi connectivity index (χ0v) is 11.8. The number of hydrogen-bond donors (Lipinski definition) is 1. The second-order valence-electron chi connectivity index (χ2n) is 4.09. The Labute approximate surface area is 113 Å². The van der Waals surface area contributed by atoms with Crippen molar-refractivity contribution in [2.24, 2.45) is 14.1 Å². The summed E-state index contributed by atoms with van der Waals surface area (Å²) in [7, 11) is 2.94. The highest BCUT2D eigenvalue weighted by Gasteiger charge is 2.16. The van der Waals surface area contributed by atoms with Crippen molar-refractivity contribution in [2.75, 3.05) is 5.32 Å². The molecule has 7 nitrogen and oxygen atoms in total. The van der Waals surface area contributed by atoms with Gasteiger partial charge in [0.1, 0.15) is 5.01 Å². The molecule has 0 aromatic carbocycles. The van der Waals surface area contributed by atoms with Crippen LogP contribution in [0, 0.1) is 0 Å². The Morgan fingerprint density at radius 2 is 2.16 bits per heavy atom. The van der Waals surface area contributed by atoms with Crippen molar-refractivity contribution >= 4 is 17.2 Å². The number of anilines is 1. The first-order chi connectivity index (χ1) is 9.04. The lowest BCUT2D eigenvalue weighted by Crippen LogP contribution is -2.40. The molecular formula is C11H15N5O2S. The third kappa shape index (κ3) is 2.58. The van der Waals surface area contributed by atoms with E-state index >= 15 is 0 Å². The smallest absolute Gasteiger partial charge is 0.346 e. The molecule has 2 aromatic rings. The number of nitrogens with zero attached hydrogens (tertiary/aromatic N) is 4. The molecule has 0 saturated heterocycles. The van der Waals surface area contributed by atoms with E-state index < -0.39 is 11.2 Å². The third-order valence-corrected chi connectivity index (χ3v) is 3.68. The normalized spacial score (nSPS) is 12.4. The zero-order valence-electron chi connectivity index (χ0n) is 11.0. The van der Waals surface area contributed by atoms with Gasteiger partial charge in [0.05, 0.1) is 6.04 Å². The second kappa shape index (κ2) is 5.35. The van der Waals surface area contributed by atoms with E-state index in [0.29, 0.717) is 0 Å². The van der Waals surface area contributed by atoms with Gasteiger partial charge in [-0.1, -0.05) is 6.92 Å². The maximum atomic E-state index is 12.0. The fraction of sp³-hybridized carbons (Fsp3) is 0.455. The molecule has 1 unspecified atom stereocenters. The lowest BCUT2D eigenvalue weighted by atomic mass is 10.2. The van der Waals surface area contributed by atoms with Gasteiger partial charge >= 0.3 is 5.69 Å². The minimum absolute atomic E-state index is 0.0855. The topological polar surface area (TPSA) is 81.8 Å². The molecule has 2 aromatic heterocycles. The monoisotopic (exact) mass is 281 g/mol. The standard InChI is InChI=1S/C11H15N5O2S/c1-4-7(9-12-5-6-19-9)13-8-10(17)15(2)11(18)16(3)14-8/h5-7H,4H2,1-3H3,(H,13,14). The van der Waals surface area contributed by atoms with Gasteiger partial charge in [0.2, 0.25) is 5.82 Å². The van der Waals surface area contributed by atoms with Crippen molar-refractivity contribution in [3.63, 3.8) is 0 Å². The van der Waals surface area contributed by atoms with Crippen LogP contribution in [-0.4, -0.2) is 19.3 Å². The molecule has 0 spiro atoms. The molecule has 2 heterocycles. The number of thiazole rings is 1. The van der Waals surface area contributed by atoms with Crippen LogP contribution in [0.1, 0.15) is 24.4 Å². The first-order valence-corrected chi connectivity index (χ1v) is 6.72. The van der Waals surface area contributed by atoms with Crippen molar-refractivity contribution in [1.82, 2.24) is 19.3 Å². The third-order valence-electron chi connectivity index (χ3n) is 2.79. The number of aromatic nitrogens is 4. The Balaban J connectivity index is 2.38. The van der Waals surface area contributed by atoms with Gasteiger partial charge < -0.3 is 5.32 Å². The molecule has 2 rings (SSSR count). The van der Waals surface area contributed by atoms with Crippen LogP contribution in [0.5, 0.6) is 0 Å². The minimum Gasteiger partial charge on any atom is -0.355 e. The van der Waals surface area contributed by atoms with E-state index in [1.165, 1.54) is 25.4 Å². The molecule has 0 saturated carbocycles. The number of hydrogen-bond acceptors (Lipinski definition) is 6. The van der Waals surface area contributed by atoms with Gasteiger partial charge in [-0.25, -0.2) is 14.5 Å². The van der Waals surface area contributed by atoms with Gasteiger partial charge in [-0.15, -0.1) is 16.4 Å². The van der Waals surface area contributed by atoms with Crippen LogP contribution in [0.2, 0.25) is 0 Å². The fourth-order valence-corrected chi connectivity index (χ4v) is 2.47. The van der Waals surface area contributed by atoms with E-state index in [1.807, 2.05) is 12.3 Å². The molecule has 0 bridgehead atoms. The van der Waals surface area contributed by atoms with E-state index in [9.17, 15) is 9.59 Å². The van der Waals surface area contributed by atoms with Gasteiger partial charge in [-0.3, -0.25) is 9.36 Å². The molecule has 0 amide bonds. The summed E-state index contributed by atoms with van der Waals surface area (Å²) in [4.78, 5) is 27.7. The van der Waals surface area contributed by atoms with Gasteiger partial charge in [0, 0.05) is 25.7 Å². The van der Waals surface area contributed by atoms with Crippen molar-refractivity contribution in [1.29, 1.82) is 0 Å². The van der Waals surface area contributed by atoms with Gasteiger partial charge in [0.15, 0.2) is 0 Å². The first kappa shape index (κ1) is 13.5. The van der Waals surface area contributed by atoms with Crippen LogP contribution < -0.4 is 16.6 Å². The summed E-state index contributed by atoms with van der Waals surface area (Å²) >= 11 is 1.51. The number of rotatable bonds is 4. The molecule has 1 atom stereocenters. The summed E-state index contributed by atoms with van der Waals surface area (Å²) in [5.41, 5.74) is -0.879. The summed E-state index contributed by atoms with van der Waals surface area (Å²) in [6.07, 6.45) is 2.48. The quantitative estimate of drug-likeness (QED) is 0.882. The first-order valence-electron chi connectivity index (χ1n) is 5.84. The minimum atomic E-state index is -0.446. The lowest BCUT2D eigenvalue weighted by molar-refractivity contribution is 0.597. The van der Waals surface area contributed by atoms with Crippen molar-refractivity contribution < 1.29 is 0 Å². The average molecular weight is 281 g/mol. The molecule has 8 heteroatoms. The molecule has 102 valence electrons. The summed E-state index contributed by atoms with van der Waals surface area (Å²) in [6.45, 7) is 1.99. The SMILES string of the molecule is CCC(Nc1nn(C)c(=O)n(C)c1=O)c1nccs1. The Hall–Kier alpha value is -1.96. The summed E-state index contributed by atoms with van der Waals surface area (Å²) < 4.78 is 2.17. The average Bonchev–Trinajstić information content (AvgIpc) is 2.93. The Morgan fingerprint density at radius 1 is 1.42 bits per heavy atom. The van der Waals surface area contributed by atoms with E-state index in [2.05, 4.69) is 15.4 Å². The fourth-order valence-electron chi connectivity index (χ4n) is 1.70. The van der Waals surface area contributed by atoms with Crippen molar-refractivity contribution in [3.05, 3.63) is 37.4 Å². The highest BCUT2D eigenvalue weighted by molar-refractivity contribution is 7.09. The van der Waals surface area contributed by atoms with Crippen LogP contribution in [0.4, 0.5) is 5.82 Å². The Kier molecular flexibility index (Phi) is 3.79. The predicted molar refractivity (Wildman–Crippen MR) is 73.5 cm³/mol. The van der Waals surface area contributed by atoms with Crippen molar-refractivity contribution in [3.8, 4) is 0 Å². The number of aryl methyl sites for hydroxylation is 1. The van der Waals surface area contributed by atoms with E-state index in [1.54, 1.807) is 6.20 Å². The predicted octanol–water partition coefficient (Wildman–Crippen LogP) is 0.499. The van der Waals surface area contributed by atoms with Crippen LogP contribution >= 0.6 is 11.3 Å². The maximum Gasteiger partial charge on any atom is 0.346 e. The van der Waals surface area contributed by atoms with Crippen LogP contribution in [0.3, 0.4) is 0 Å². The van der Waals surface area contributed by atoms with E-state index in [4.69, 9.17) is 0 Å². The largest absolute Gasteiger partial charge is 0.355 e.